The minimum atomic E-state index is -3.61. The summed E-state index contributed by atoms with van der Waals surface area (Å²) in [5.74, 6) is 0. The highest BCUT2D eigenvalue weighted by atomic mass is 32.2. The van der Waals surface area contributed by atoms with E-state index >= 15 is 0 Å². The number of fused-ring (bicyclic) bond motifs is 2. The monoisotopic (exact) mass is 314 g/mol. The molecule has 0 unspecified atom stereocenters. The van der Waals surface area contributed by atoms with E-state index in [0.29, 0.717) is 5.65 Å². The number of aromatic nitrogens is 3. The van der Waals surface area contributed by atoms with E-state index in [1.807, 2.05) is 6.20 Å². The second-order valence-electron chi connectivity index (χ2n) is 5.23. The van der Waals surface area contributed by atoms with Gasteiger partial charge in [-0.15, -0.1) is 0 Å². The molecule has 112 valence electrons. The Kier molecular flexibility index (Phi) is 2.98. The molecule has 0 amide bonds. The second kappa shape index (κ2) is 4.89. The van der Waals surface area contributed by atoms with Crippen LogP contribution in [0, 0.1) is 0 Å². The molecular formula is C15H14N4O2S. The molecule has 1 aliphatic rings. The van der Waals surface area contributed by atoms with Crippen molar-refractivity contribution in [3.05, 3.63) is 54.0 Å². The van der Waals surface area contributed by atoms with E-state index in [-0.39, 0.29) is 9.79 Å². The fourth-order valence-electron chi connectivity index (χ4n) is 2.67. The summed E-state index contributed by atoms with van der Waals surface area (Å²) in [6, 6.07) is 8.37. The van der Waals surface area contributed by atoms with Crippen LogP contribution in [0.5, 0.6) is 0 Å². The summed E-state index contributed by atoms with van der Waals surface area (Å²) < 4.78 is 27.1. The summed E-state index contributed by atoms with van der Waals surface area (Å²) in [6.07, 6.45) is 4.03. The first-order valence-corrected chi connectivity index (χ1v) is 8.51. The molecule has 0 spiro atoms. The Morgan fingerprint density at radius 1 is 1.18 bits per heavy atom. The molecule has 0 saturated heterocycles. The Morgan fingerprint density at radius 3 is 2.82 bits per heavy atom. The number of nitrogens with zero attached hydrogens (tertiary/aromatic N) is 3. The Labute approximate surface area is 127 Å². The van der Waals surface area contributed by atoms with E-state index in [9.17, 15) is 8.42 Å². The van der Waals surface area contributed by atoms with Gasteiger partial charge in [0, 0.05) is 31.3 Å². The zero-order chi connectivity index (χ0) is 15.2. The van der Waals surface area contributed by atoms with Crippen LogP contribution in [0.2, 0.25) is 0 Å². The lowest BCUT2D eigenvalue weighted by molar-refractivity contribution is 0.596. The van der Waals surface area contributed by atoms with Gasteiger partial charge in [0.25, 0.3) is 0 Å². The van der Waals surface area contributed by atoms with Crippen LogP contribution in [-0.4, -0.2) is 29.6 Å². The molecule has 2 aromatic heterocycles. The average molecular weight is 314 g/mol. The van der Waals surface area contributed by atoms with Crippen molar-refractivity contribution in [2.24, 2.45) is 0 Å². The third kappa shape index (κ3) is 2.01. The maximum absolute atomic E-state index is 12.8. The van der Waals surface area contributed by atoms with Crippen LogP contribution in [0.4, 0.5) is 0 Å². The van der Waals surface area contributed by atoms with Crippen molar-refractivity contribution in [1.82, 2.24) is 19.9 Å². The van der Waals surface area contributed by atoms with Crippen LogP contribution < -0.4 is 5.32 Å². The van der Waals surface area contributed by atoms with Crippen molar-refractivity contribution < 1.29 is 8.42 Å². The standard InChI is InChI=1S/C15H14N4O2S/c20-22(21,12-4-2-1-3-5-12)14-9-17-19-10-11-8-16-7-6-13(11)18-15(14)19/h1-5,9-10,16H,6-8H2. The largest absolute Gasteiger partial charge is 0.312 e. The van der Waals surface area contributed by atoms with Crippen molar-refractivity contribution in [2.45, 2.75) is 22.8 Å². The van der Waals surface area contributed by atoms with Gasteiger partial charge in [-0.1, -0.05) is 18.2 Å². The van der Waals surface area contributed by atoms with Gasteiger partial charge in [0.2, 0.25) is 9.84 Å². The van der Waals surface area contributed by atoms with Gasteiger partial charge in [-0.25, -0.2) is 17.9 Å². The fraction of sp³-hybridized carbons (Fsp3) is 0.200. The molecule has 6 nitrogen and oxygen atoms in total. The first-order chi connectivity index (χ1) is 10.7. The van der Waals surface area contributed by atoms with Crippen LogP contribution >= 0.6 is 0 Å². The van der Waals surface area contributed by atoms with E-state index in [1.165, 1.54) is 6.20 Å². The van der Waals surface area contributed by atoms with E-state index in [2.05, 4.69) is 15.4 Å². The van der Waals surface area contributed by atoms with Crippen LogP contribution in [0.3, 0.4) is 0 Å². The third-order valence-corrected chi connectivity index (χ3v) is 5.58. The van der Waals surface area contributed by atoms with Crippen LogP contribution in [0.1, 0.15) is 11.3 Å². The predicted octanol–water partition coefficient (Wildman–Crippen LogP) is 1.21. The Hall–Kier alpha value is -2.25. The van der Waals surface area contributed by atoms with Crippen LogP contribution in [-0.2, 0) is 22.8 Å². The predicted molar refractivity (Wildman–Crippen MR) is 80.3 cm³/mol. The number of sulfone groups is 1. The van der Waals surface area contributed by atoms with E-state index in [0.717, 1.165) is 30.8 Å². The van der Waals surface area contributed by atoms with Gasteiger partial charge in [-0.2, -0.15) is 5.10 Å². The molecule has 0 radical (unpaired) electrons. The van der Waals surface area contributed by atoms with Crippen molar-refractivity contribution in [2.75, 3.05) is 6.54 Å². The summed E-state index contributed by atoms with van der Waals surface area (Å²) in [5.41, 5.74) is 2.39. The van der Waals surface area contributed by atoms with Crippen molar-refractivity contribution >= 4 is 15.5 Å². The van der Waals surface area contributed by atoms with Crippen LogP contribution in [0.15, 0.2) is 52.5 Å². The van der Waals surface area contributed by atoms with Gasteiger partial charge >= 0.3 is 0 Å². The van der Waals surface area contributed by atoms with Crippen molar-refractivity contribution in [3.8, 4) is 0 Å². The average Bonchev–Trinajstić information content (AvgIpc) is 2.97. The molecule has 0 aliphatic carbocycles. The van der Waals surface area contributed by atoms with Gasteiger partial charge in [0.15, 0.2) is 5.65 Å². The van der Waals surface area contributed by atoms with Gasteiger partial charge in [0.1, 0.15) is 4.90 Å². The minimum absolute atomic E-state index is 0.153. The normalized spacial score (nSPS) is 14.9. The summed E-state index contributed by atoms with van der Waals surface area (Å²) >= 11 is 0. The highest BCUT2D eigenvalue weighted by Crippen LogP contribution is 2.25. The number of hydrogen-bond donors (Lipinski definition) is 1. The SMILES string of the molecule is O=S(=O)(c1ccccc1)c1cnn2cc3c(nc12)CCNC3. The Morgan fingerprint density at radius 2 is 2.00 bits per heavy atom. The quantitative estimate of drug-likeness (QED) is 0.769. The molecule has 1 aromatic carbocycles. The molecule has 0 bridgehead atoms. The molecule has 0 fully saturated rings. The molecule has 3 aromatic rings. The molecule has 0 atom stereocenters. The highest BCUT2D eigenvalue weighted by Gasteiger charge is 2.24. The number of rotatable bonds is 2. The van der Waals surface area contributed by atoms with Gasteiger partial charge in [0.05, 0.1) is 16.8 Å². The molecular weight excluding hydrogens is 300 g/mol. The lowest BCUT2D eigenvalue weighted by Crippen LogP contribution is -2.25. The summed E-state index contributed by atoms with van der Waals surface area (Å²) in [4.78, 5) is 4.96. The van der Waals surface area contributed by atoms with Crippen molar-refractivity contribution in [1.29, 1.82) is 0 Å². The molecule has 1 N–H and O–H groups in total. The van der Waals surface area contributed by atoms with E-state index in [1.54, 1.807) is 34.8 Å². The molecule has 22 heavy (non-hydrogen) atoms. The highest BCUT2D eigenvalue weighted by molar-refractivity contribution is 7.91. The molecule has 4 rings (SSSR count). The van der Waals surface area contributed by atoms with Gasteiger partial charge in [-0.05, 0) is 12.1 Å². The zero-order valence-electron chi connectivity index (χ0n) is 11.7. The number of hydrogen-bond acceptors (Lipinski definition) is 5. The minimum Gasteiger partial charge on any atom is -0.312 e. The molecule has 0 saturated carbocycles. The molecule has 3 heterocycles. The van der Waals surface area contributed by atoms with E-state index in [4.69, 9.17) is 0 Å². The zero-order valence-corrected chi connectivity index (χ0v) is 12.5. The third-order valence-electron chi connectivity index (χ3n) is 3.82. The summed E-state index contributed by atoms with van der Waals surface area (Å²) in [5, 5.41) is 7.43. The molecule has 7 heteroatoms. The Bertz CT molecular complexity index is 948. The lowest BCUT2D eigenvalue weighted by atomic mass is 10.1. The van der Waals surface area contributed by atoms with Crippen molar-refractivity contribution in [3.63, 3.8) is 0 Å². The summed E-state index contributed by atoms with van der Waals surface area (Å²) in [6.45, 7) is 1.59. The first kappa shape index (κ1) is 13.4. The summed E-state index contributed by atoms with van der Waals surface area (Å²) in [7, 11) is -3.61. The second-order valence-corrected chi connectivity index (χ2v) is 7.15. The number of nitrogens with one attached hydrogen (secondary N) is 1. The lowest BCUT2D eigenvalue weighted by Gasteiger charge is -2.16. The fourth-order valence-corrected chi connectivity index (χ4v) is 4.01. The number of benzene rings is 1. The van der Waals surface area contributed by atoms with Gasteiger partial charge < -0.3 is 5.32 Å². The Balaban J connectivity index is 1.93. The molecule has 1 aliphatic heterocycles. The maximum Gasteiger partial charge on any atom is 0.211 e. The smallest absolute Gasteiger partial charge is 0.211 e. The van der Waals surface area contributed by atoms with Gasteiger partial charge in [-0.3, -0.25) is 0 Å². The van der Waals surface area contributed by atoms with E-state index < -0.39 is 9.84 Å². The first-order valence-electron chi connectivity index (χ1n) is 7.03. The van der Waals surface area contributed by atoms with Crippen LogP contribution in [0.25, 0.3) is 5.65 Å². The topological polar surface area (TPSA) is 76.4 Å². The maximum atomic E-state index is 12.8.